The molecule has 4 nitrogen and oxygen atoms in total. The van der Waals surface area contributed by atoms with Gasteiger partial charge in [0.1, 0.15) is 0 Å². The van der Waals surface area contributed by atoms with Crippen molar-refractivity contribution in [2.75, 3.05) is 32.1 Å². The molecule has 96 valence electrons. The number of hydrogen-bond donors (Lipinski definition) is 2. The SMILES string of the molecule is CCNC(=O)CC(CN)N(C)C(C)CSC. The maximum Gasteiger partial charge on any atom is 0.221 e. The zero-order valence-electron chi connectivity index (χ0n) is 10.8. The molecule has 0 rings (SSSR count). The van der Waals surface area contributed by atoms with E-state index in [-0.39, 0.29) is 11.9 Å². The number of thioether (sulfide) groups is 1. The standard InChI is InChI=1S/C11H25N3OS/c1-5-13-11(15)6-10(7-12)14(3)9(2)8-16-4/h9-10H,5-8,12H2,1-4H3,(H,13,15). The van der Waals surface area contributed by atoms with E-state index < -0.39 is 0 Å². The van der Waals surface area contributed by atoms with Gasteiger partial charge in [0.05, 0.1) is 0 Å². The lowest BCUT2D eigenvalue weighted by molar-refractivity contribution is -0.122. The van der Waals surface area contributed by atoms with Crippen LogP contribution in [0.5, 0.6) is 0 Å². The van der Waals surface area contributed by atoms with Gasteiger partial charge in [-0.1, -0.05) is 0 Å². The van der Waals surface area contributed by atoms with Crippen LogP contribution in [0.3, 0.4) is 0 Å². The molecule has 0 aliphatic heterocycles. The Morgan fingerprint density at radius 1 is 1.56 bits per heavy atom. The first-order chi connectivity index (χ1) is 7.56. The number of nitrogens with two attached hydrogens (primary N) is 1. The van der Waals surface area contributed by atoms with Gasteiger partial charge < -0.3 is 11.1 Å². The van der Waals surface area contributed by atoms with Crippen LogP contribution in [0.15, 0.2) is 0 Å². The lowest BCUT2D eigenvalue weighted by atomic mass is 10.1. The highest BCUT2D eigenvalue weighted by atomic mass is 32.2. The number of carbonyl (C=O) groups excluding carboxylic acids is 1. The zero-order chi connectivity index (χ0) is 12.6. The maximum atomic E-state index is 11.5. The topological polar surface area (TPSA) is 58.4 Å². The average Bonchev–Trinajstić information content (AvgIpc) is 2.25. The lowest BCUT2D eigenvalue weighted by Gasteiger charge is -2.31. The van der Waals surface area contributed by atoms with Crippen molar-refractivity contribution >= 4 is 17.7 Å². The third-order valence-corrected chi connectivity index (χ3v) is 3.56. The Morgan fingerprint density at radius 3 is 2.62 bits per heavy atom. The number of nitrogens with one attached hydrogen (secondary N) is 1. The first kappa shape index (κ1) is 15.7. The molecule has 5 heteroatoms. The molecule has 1 amide bonds. The van der Waals surface area contributed by atoms with Gasteiger partial charge in [0, 0.05) is 37.3 Å². The van der Waals surface area contributed by atoms with Crippen LogP contribution >= 0.6 is 11.8 Å². The molecular formula is C11H25N3OS. The van der Waals surface area contributed by atoms with Crippen molar-refractivity contribution in [1.29, 1.82) is 0 Å². The molecule has 0 bridgehead atoms. The first-order valence-electron chi connectivity index (χ1n) is 5.74. The number of hydrogen-bond acceptors (Lipinski definition) is 4. The van der Waals surface area contributed by atoms with Gasteiger partial charge in [-0.2, -0.15) is 11.8 Å². The highest BCUT2D eigenvalue weighted by Gasteiger charge is 2.20. The number of nitrogens with zero attached hydrogens (tertiary/aromatic N) is 1. The van der Waals surface area contributed by atoms with Gasteiger partial charge in [-0.15, -0.1) is 0 Å². The minimum atomic E-state index is 0.0844. The highest BCUT2D eigenvalue weighted by molar-refractivity contribution is 7.98. The van der Waals surface area contributed by atoms with Crippen LogP contribution in [-0.2, 0) is 4.79 Å². The van der Waals surface area contributed by atoms with E-state index in [1.807, 2.05) is 25.7 Å². The summed E-state index contributed by atoms with van der Waals surface area (Å²) in [6, 6.07) is 0.576. The van der Waals surface area contributed by atoms with E-state index in [0.717, 1.165) is 5.75 Å². The first-order valence-corrected chi connectivity index (χ1v) is 7.13. The predicted molar refractivity (Wildman–Crippen MR) is 71.8 cm³/mol. The molecule has 0 spiro atoms. The molecule has 0 heterocycles. The van der Waals surface area contributed by atoms with E-state index in [0.29, 0.717) is 25.6 Å². The summed E-state index contributed by atoms with van der Waals surface area (Å²) in [5.41, 5.74) is 5.72. The van der Waals surface area contributed by atoms with Crippen LogP contribution < -0.4 is 11.1 Å². The van der Waals surface area contributed by atoms with Gasteiger partial charge >= 0.3 is 0 Å². The predicted octanol–water partition coefficient (Wildman–Crippen LogP) is 0.523. The van der Waals surface area contributed by atoms with E-state index in [1.54, 1.807) is 0 Å². The highest BCUT2D eigenvalue weighted by Crippen LogP contribution is 2.09. The smallest absolute Gasteiger partial charge is 0.221 e. The van der Waals surface area contributed by atoms with Crippen molar-refractivity contribution in [2.24, 2.45) is 5.73 Å². The molecule has 16 heavy (non-hydrogen) atoms. The third kappa shape index (κ3) is 5.72. The summed E-state index contributed by atoms with van der Waals surface area (Å²) in [6.45, 7) is 5.29. The van der Waals surface area contributed by atoms with Crippen LogP contribution in [0.25, 0.3) is 0 Å². The van der Waals surface area contributed by atoms with Crippen molar-refractivity contribution in [2.45, 2.75) is 32.4 Å². The van der Waals surface area contributed by atoms with Crippen LogP contribution in [0.4, 0.5) is 0 Å². The summed E-state index contributed by atoms with van der Waals surface area (Å²) in [4.78, 5) is 13.7. The number of amides is 1. The Morgan fingerprint density at radius 2 is 2.19 bits per heavy atom. The van der Waals surface area contributed by atoms with Gasteiger partial charge in [-0.25, -0.2) is 0 Å². The Bertz CT molecular complexity index is 202. The zero-order valence-corrected chi connectivity index (χ0v) is 11.6. The average molecular weight is 247 g/mol. The summed E-state index contributed by atoms with van der Waals surface area (Å²) in [5.74, 6) is 1.14. The van der Waals surface area contributed by atoms with Gasteiger partial charge in [0.25, 0.3) is 0 Å². The van der Waals surface area contributed by atoms with Gasteiger partial charge in [-0.3, -0.25) is 9.69 Å². The molecule has 0 saturated heterocycles. The van der Waals surface area contributed by atoms with Gasteiger partial charge in [-0.05, 0) is 27.2 Å². The molecule has 0 aliphatic rings. The molecule has 0 fully saturated rings. The Hall–Kier alpha value is -0.260. The van der Waals surface area contributed by atoms with Crippen LogP contribution in [0.2, 0.25) is 0 Å². The van der Waals surface area contributed by atoms with E-state index in [9.17, 15) is 4.79 Å². The fourth-order valence-corrected chi connectivity index (χ4v) is 2.31. The second-order valence-electron chi connectivity index (χ2n) is 4.02. The van der Waals surface area contributed by atoms with Gasteiger partial charge in [0.2, 0.25) is 5.91 Å². The van der Waals surface area contributed by atoms with E-state index in [2.05, 4.69) is 23.4 Å². The second-order valence-corrected chi connectivity index (χ2v) is 4.93. The third-order valence-electron chi connectivity index (χ3n) is 2.75. The fourth-order valence-electron chi connectivity index (χ4n) is 1.60. The summed E-state index contributed by atoms with van der Waals surface area (Å²) in [7, 11) is 2.04. The van der Waals surface area contributed by atoms with E-state index in [4.69, 9.17) is 5.73 Å². The molecule has 0 aliphatic carbocycles. The minimum Gasteiger partial charge on any atom is -0.356 e. The molecule has 2 atom stereocenters. The number of likely N-dealkylation sites (N-methyl/N-ethyl adjacent to an activating group) is 1. The molecule has 0 aromatic rings. The second kappa shape index (κ2) is 8.84. The van der Waals surface area contributed by atoms with Crippen LogP contribution in [0, 0.1) is 0 Å². The molecule has 0 radical (unpaired) electrons. The molecule has 0 saturated carbocycles. The van der Waals surface area contributed by atoms with Crippen molar-refractivity contribution in [3.05, 3.63) is 0 Å². The Kier molecular flexibility index (Phi) is 8.70. The van der Waals surface area contributed by atoms with E-state index in [1.165, 1.54) is 0 Å². The Balaban J connectivity index is 4.19. The van der Waals surface area contributed by atoms with Crippen LogP contribution in [-0.4, -0.2) is 55.0 Å². The van der Waals surface area contributed by atoms with Crippen LogP contribution in [0.1, 0.15) is 20.3 Å². The molecule has 2 unspecified atom stereocenters. The molecule has 0 aromatic carbocycles. The van der Waals surface area contributed by atoms with Crippen molar-refractivity contribution in [3.63, 3.8) is 0 Å². The summed E-state index contributed by atoms with van der Waals surface area (Å²) >= 11 is 1.81. The van der Waals surface area contributed by atoms with Crippen molar-refractivity contribution < 1.29 is 4.79 Å². The number of rotatable bonds is 8. The Labute approximate surface area is 103 Å². The normalized spacial score (nSPS) is 14.9. The quantitative estimate of drug-likeness (QED) is 0.657. The minimum absolute atomic E-state index is 0.0844. The molecule has 3 N–H and O–H groups in total. The van der Waals surface area contributed by atoms with Crippen molar-refractivity contribution in [3.8, 4) is 0 Å². The monoisotopic (exact) mass is 247 g/mol. The summed E-state index contributed by atoms with van der Waals surface area (Å²) in [6.07, 6.45) is 2.57. The number of carbonyl (C=O) groups is 1. The fraction of sp³-hybridized carbons (Fsp3) is 0.909. The summed E-state index contributed by atoms with van der Waals surface area (Å²) < 4.78 is 0. The largest absolute Gasteiger partial charge is 0.356 e. The van der Waals surface area contributed by atoms with E-state index >= 15 is 0 Å². The summed E-state index contributed by atoms with van der Waals surface area (Å²) in [5, 5.41) is 2.81. The van der Waals surface area contributed by atoms with Gasteiger partial charge in [0.15, 0.2) is 0 Å². The lowest BCUT2D eigenvalue weighted by Crippen LogP contribution is -2.46. The molecular weight excluding hydrogens is 222 g/mol. The maximum absolute atomic E-state index is 11.5. The van der Waals surface area contributed by atoms with Crippen molar-refractivity contribution in [1.82, 2.24) is 10.2 Å². The molecule has 0 aromatic heterocycles.